The molecule has 1 unspecified atom stereocenters. The predicted molar refractivity (Wildman–Crippen MR) is 127 cm³/mol. The summed E-state index contributed by atoms with van der Waals surface area (Å²) < 4.78 is 15.7. The Bertz CT molecular complexity index is 1350. The molecule has 0 radical (unpaired) electrons. The number of carbonyl (C=O) groups is 2. The zero-order chi connectivity index (χ0) is 23.1. The van der Waals surface area contributed by atoms with E-state index in [0.717, 1.165) is 30.0 Å². The van der Waals surface area contributed by atoms with Gasteiger partial charge >= 0.3 is 0 Å². The summed E-state index contributed by atoms with van der Waals surface area (Å²) in [5.41, 5.74) is 2.15. The lowest BCUT2D eigenvalue weighted by molar-refractivity contribution is 0.0833. The third-order valence-corrected chi connectivity index (χ3v) is 7.75. The summed E-state index contributed by atoms with van der Waals surface area (Å²) in [6.45, 7) is 4.50. The van der Waals surface area contributed by atoms with E-state index in [2.05, 4.69) is 20.6 Å². The molecule has 0 spiro atoms. The Labute approximate surface area is 197 Å². The van der Waals surface area contributed by atoms with Crippen LogP contribution in [0.3, 0.4) is 0 Å². The molecule has 1 aromatic carbocycles. The van der Waals surface area contributed by atoms with Crippen LogP contribution in [0.2, 0.25) is 0 Å². The summed E-state index contributed by atoms with van der Waals surface area (Å²) in [5, 5.41) is 8.92. The van der Waals surface area contributed by atoms with Crippen LogP contribution in [0.5, 0.6) is 0 Å². The molecule has 170 valence electrons. The number of nitrogens with zero attached hydrogens (tertiary/aromatic N) is 3. The summed E-state index contributed by atoms with van der Waals surface area (Å²) in [4.78, 5) is 37.2. The summed E-state index contributed by atoms with van der Waals surface area (Å²) in [7, 11) is 0. The molecular formula is C23H22FN5O2S2. The molecule has 5 rings (SSSR count). The number of aromatic nitrogens is 3. The van der Waals surface area contributed by atoms with Gasteiger partial charge in [-0.15, -0.1) is 22.7 Å². The van der Waals surface area contributed by atoms with Crippen LogP contribution in [0.4, 0.5) is 4.39 Å². The summed E-state index contributed by atoms with van der Waals surface area (Å²) in [6, 6.07) is 5.11. The van der Waals surface area contributed by atoms with E-state index < -0.39 is 6.04 Å². The van der Waals surface area contributed by atoms with E-state index in [4.69, 9.17) is 0 Å². The fraction of sp³-hybridized carbons (Fsp3) is 0.304. The van der Waals surface area contributed by atoms with Crippen LogP contribution in [0.15, 0.2) is 35.8 Å². The summed E-state index contributed by atoms with van der Waals surface area (Å²) in [6.07, 6.45) is 3.20. The Balaban J connectivity index is 1.50. The molecule has 1 aliphatic heterocycles. The molecule has 7 nitrogen and oxygen atoms in total. The van der Waals surface area contributed by atoms with Gasteiger partial charge < -0.3 is 10.6 Å². The fourth-order valence-corrected chi connectivity index (χ4v) is 6.00. The number of fused-ring (bicyclic) bond motifs is 1. The van der Waals surface area contributed by atoms with Crippen molar-refractivity contribution in [2.45, 2.75) is 38.8 Å². The second-order valence-corrected chi connectivity index (χ2v) is 10.1. The lowest BCUT2D eigenvalue weighted by atomic mass is 9.97. The molecule has 1 amide bonds. The normalized spacial score (nSPS) is 16.9. The molecule has 2 N–H and O–H groups in total. The number of rotatable bonds is 6. The monoisotopic (exact) mass is 483 g/mol. The number of aryl methyl sites for hydroxylation is 2. The number of Topliss-reactive ketones (excluding diaryl/α,β-unsaturated/α-hetero) is 1. The van der Waals surface area contributed by atoms with Gasteiger partial charge in [0.25, 0.3) is 5.91 Å². The molecule has 3 aromatic heterocycles. The minimum Gasteiger partial charge on any atom is -0.339 e. The SMILES string of the molecule is Cc1nc(C(=O)C(NC(=O)c2cnc3scc(C)n23)[C@@H]2CCCN2)c(-c2cccc(F)c2)s1. The number of hydrogen-bond acceptors (Lipinski definition) is 7. The number of nitrogens with one attached hydrogen (secondary N) is 2. The lowest BCUT2D eigenvalue weighted by Crippen LogP contribution is -2.52. The molecule has 0 aliphatic carbocycles. The Hall–Kier alpha value is -2.95. The van der Waals surface area contributed by atoms with E-state index in [1.807, 2.05) is 19.2 Å². The van der Waals surface area contributed by atoms with Gasteiger partial charge in [-0.25, -0.2) is 14.4 Å². The van der Waals surface area contributed by atoms with Gasteiger partial charge in [0.2, 0.25) is 5.78 Å². The molecule has 10 heteroatoms. The van der Waals surface area contributed by atoms with Crippen molar-refractivity contribution < 1.29 is 14.0 Å². The number of amides is 1. The fourth-order valence-electron chi connectivity index (χ4n) is 4.24. The molecule has 4 heterocycles. The first kappa shape index (κ1) is 21.9. The van der Waals surface area contributed by atoms with Gasteiger partial charge in [0.15, 0.2) is 4.96 Å². The zero-order valence-electron chi connectivity index (χ0n) is 18.1. The van der Waals surface area contributed by atoms with Crippen LogP contribution in [0, 0.1) is 19.7 Å². The highest BCUT2D eigenvalue weighted by atomic mass is 32.1. The molecule has 1 saturated heterocycles. The zero-order valence-corrected chi connectivity index (χ0v) is 19.7. The number of halogens is 1. The second kappa shape index (κ2) is 8.77. The van der Waals surface area contributed by atoms with Gasteiger partial charge in [0.1, 0.15) is 23.2 Å². The quantitative estimate of drug-likeness (QED) is 0.405. The molecular weight excluding hydrogens is 461 g/mol. The number of imidazole rings is 1. The van der Waals surface area contributed by atoms with Crippen molar-refractivity contribution in [2.24, 2.45) is 0 Å². The predicted octanol–water partition coefficient (Wildman–Crippen LogP) is 4.01. The Morgan fingerprint density at radius 3 is 2.94 bits per heavy atom. The molecule has 4 aromatic rings. The molecule has 1 fully saturated rings. The molecule has 0 bridgehead atoms. The lowest BCUT2D eigenvalue weighted by Gasteiger charge is -2.23. The van der Waals surface area contributed by atoms with E-state index in [0.29, 0.717) is 21.1 Å². The molecule has 1 aliphatic rings. The number of thiazole rings is 2. The maximum atomic E-state index is 13.9. The highest BCUT2D eigenvalue weighted by Gasteiger charge is 2.36. The van der Waals surface area contributed by atoms with Crippen molar-refractivity contribution in [3.05, 3.63) is 63.7 Å². The first-order valence-corrected chi connectivity index (χ1v) is 12.4. The maximum Gasteiger partial charge on any atom is 0.270 e. The van der Waals surface area contributed by atoms with Gasteiger partial charge in [0, 0.05) is 17.1 Å². The number of hydrogen-bond donors (Lipinski definition) is 2. The number of ketones is 1. The van der Waals surface area contributed by atoms with Crippen LogP contribution in [0.1, 0.15) is 44.5 Å². The van der Waals surface area contributed by atoms with Gasteiger partial charge in [-0.1, -0.05) is 12.1 Å². The first-order chi connectivity index (χ1) is 15.9. The topological polar surface area (TPSA) is 88.4 Å². The van der Waals surface area contributed by atoms with Crippen molar-refractivity contribution in [1.82, 2.24) is 25.0 Å². The maximum absolute atomic E-state index is 13.9. The standard InChI is InChI=1S/C23H22FN5O2S2/c1-12-11-32-23-26-10-17(29(12)23)22(31)28-18(16-7-4-8-25-16)20(30)19-21(33-13(2)27-19)14-5-3-6-15(24)9-14/h3,5-6,9-11,16,18,25H,4,7-8H2,1-2H3,(H,28,31)/t16-,18?/m0/s1. The van der Waals surface area contributed by atoms with Gasteiger partial charge in [0.05, 0.1) is 16.1 Å². The van der Waals surface area contributed by atoms with E-state index in [9.17, 15) is 14.0 Å². The van der Waals surface area contributed by atoms with Crippen molar-refractivity contribution in [3.63, 3.8) is 0 Å². The van der Waals surface area contributed by atoms with Crippen molar-refractivity contribution in [1.29, 1.82) is 0 Å². The highest BCUT2D eigenvalue weighted by Crippen LogP contribution is 2.32. The Morgan fingerprint density at radius 1 is 1.33 bits per heavy atom. The largest absolute Gasteiger partial charge is 0.339 e. The minimum atomic E-state index is -0.807. The third-order valence-electron chi connectivity index (χ3n) is 5.77. The van der Waals surface area contributed by atoms with Crippen LogP contribution in [-0.4, -0.2) is 44.7 Å². The molecule has 33 heavy (non-hydrogen) atoms. The smallest absolute Gasteiger partial charge is 0.270 e. The van der Waals surface area contributed by atoms with Crippen LogP contribution < -0.4 is 10.6 Å². The molecule has 2 atom stereocenters. The van der Waals surface area contributed by atoms with Crippen molar-refractivity contribution in [2.75, 3.05) is 6.54 Å². The average molecular weight is 484 g/mol. The second-order valence-electron chi connectivity index (χ2n) is 8.08. The van der Waals surface area contributed by atoms with Crippen LogP contribution in [-0.2, 0) is 0 Å². The highest BCUT2D eigenvalue weighted by molar-refractivity contribution is 7.15. The van der Waals surface area contributed by atoms with Crippen LogP contribution >= 0.6 is 22.7 Å². The summed E-state index contributed by atoms with van der Waals surface area (Å²) >= 11 is 2.80. The third kappa shape index (κ3) is 4.09. The Morgan fingerprint density at radius 2 is 2.18 bits per heavy atom. The average Bonchev–Trinajstić information content (AvgIpc) is 3.58. The minimum absolute atomic E-state index is 0.212. The number of benzene rings is 1. The van der Waals surface area contributed by atoms with Crippen molar-refractivity contribution >= 4 is 39.3 Å². The van der Waals surface area contributed by atoms with Crippen LogP contribution in [0.25, 0.3) is 15.4 Å². The number of carbonyl (C=O) groups excluding carboxylic acids is 2. The van der Waals surface area contributed by atoms with E-state index in [-0.39, 0.29) is 29.2 Å². The van der Waals surface area contributed by atoms with Crippen molar-refractivity contribution in [3.8, 4) is 10.4 Å². The van der Waals surface area contributed by atoms with E-state index >= 15 is 0 Å². The summed E-state index contributed by atoms with van der Waals surface area (Å²) in [5.74, 6) is -1.03. The van der Waals surface area contributed by atoms with E-state index in [1.165, 1.54) is 41.0 Å². The first-order valence-electron chi connectivity index (χ1n) is 10.7. The van der Waals surface area contributed by atoms with Gasteiger partial charge in [-0.2, -0.15) is 0 Å². The van der Waals surface area contributed by atoms with E-state index in [1.54, 1.807) is 16.5 Å². The molecule has 0 saturated carbocycles. The van der Waals surface area contributed by atoms with Gasteiger partial charge in [-0.05, 0) is 50.9 Å². The van der Waals surface area contributed by atoms with Gasteiger partial charge in [-0.3, -0.25) is 14.0 Å². The Kier molecular flexibility index (Phi) is 5.81.